The van der Waals surface area contributed by atoms with Gasteiger partial charge >= 0.3 is 5.97 Å². The molecule has 0 bridgehead atoms. The van der Waals surface area contributed by atoms with Crippen LogP contribution >= 0.6 is 0 Å². The fourth-order valence-electron chi connectivity index (χ4n) is 3.11. The zero-order valence-electron chi connectivity index (χ0n) is 13.9. The molecule has 2 heterocycles. The fourth-order valence-corrected chi connectivity index (χ4v) is 3.11. The first-order valence-corrected chi connectivity index (χ1v) is 8.27. The van der Waals surface area contributed by atoms with E-state index in [0.717, 1.165) is 31.6 Å². The summed E-state index contributed by atoms with van der Waals surface area (Å²) >= 11 is 0. The minimum absolute atomic E-state index is 0.0893. The van der Waals surface area contributed by atoms with Gasteiger partial charge in [-0.05, 0) is 30.9 Å². The molecule has 0 saturated carbocycles. The Bertz CT molecular complexity index is 768. The van der Waals surface area contributed by atoms with E-state index in [2.05, 4.69) is 4.98 Å². The van der Waals surface area contributed by atoms with Crippen LogP contribution in [0.25, 0.3) is 11.1 Å². The van der Waals surface area contributed by atoms with Crippen LogP contribution in [0, 0.1) is 5.82 Å². The number of benzene rings is 1. The molecule has 1 aliphatic rings. The third kappa shape index (κ3) is 2.98. The number of carboxylic acids is 1. The second kappa shape index (κ2) is 6.59. The first-order valence-electron chi connectivity index (χ1n) is 8.27. The van der Waals surface area contributed by atoms with Crippen molar-refractivity contribution in [2.45, 2.75) is 32.6 Å². The van der Waals surface area contributed by atoms with Crippen molar-refractivity contribution in [3.05, 3.63) is 47.4 Å². The number of pyridine rings is 1. The topological polar surface area (TPSA) is 53.4 Å². The monoisotopic (exact) mass is 328 g/mol. The van der Waals surface area contributed by atoms with Crippen molar-refractivity contribution in [1.29, 1.82) is 0 Å². The molecule has 4 nitrogen and oxygen atoms in total. The molecule has 1 saturated heterocycles. The van der Waals surface area contributed by atoms with Crippen LogP contribution in [0.5, 0.6) is 0 Å². The van der Waals surface area contributed by atoms with Crippen molar-refractivity contribution in [1.82, 2.24) is 4.98 Å². The zero-order chi connectivity index (χ0) is 17.3. The van der Waals surface area contributed by atoms with Gasteiger partial charge in [0.15, 0.2) is 0 Å². The minimum Gasteiger partial charge on any atom is -0.478 e. The second-order valence-electron chi connectivity index (χ2n) is 6.43. The van der Waals surface area contributed by atoms with Crippen LogP contribution in [0.15, 0.2) is 30.3 Å². The largest absolute Gasteiger partial charge is 0.478 e. The third-order valence-corrected chi connectivity index (χ3v) is 4.40. The Morgan fingerprint density at radius 2 is 1.88 bits per heavy atom. The average molecular weight is 328 g/mol. The summed E-state index contributed by atoms with van der Waals surface area (Å²) in [5, 5.41) is 9.80. The number of carboxylic acid groups (broad SMARTS) is 1. The van der Waals surface area contributed by atoms with E-state index in [-0.39, 0.29) is 11.5 Å². The summed E-state index contributed by atoms with van der Waals surface area (Å²) < 4.78 is 14.3. The molecule has 1 aliphatic heterocycles. The van der Waals surface area contributed by atoms with Gasteiger partial charge in [0.25, 0.3) is 0 Å². The Balaban J connectivity index is 2.29. The predicted octanol–water partition coefficient (Wildman–Crippen LogP) is 4.31. The Kier molecular flexibility index (Phi) is 4.51. The highest BCUT2D eigenvalue weighted by molar-refractivity contribution is 6.01. The predicted molar refractivity (Wildman–Crippen MR) is 92.1 cm³/mol. The molecule has 3 rings (SSSR count). The van der Waals surface area contributed by atoms with Gasteiger partial charge in [0.1, 0.15) is 17.2 Å². The second-order valence-corrected chi connectivity index (χ2v) is 6.43. The molecule has 2 aromatic rings. The van der Waals surface area contributed by atoms with Crippen LogP contribution in [0.3, 0.4) is 0 Å². The molecule has 126 valence electrons. The molecule has 1 fully saturated rings. The van der Waals surface area contributed by atoms with E-state index < -0.39 is 11.8 Å². The van der Waals surface area contributed by atoms with E-state index in [1.54, 1.807) is 24.3 Å². The molecular formula is C19H21FN2O2. The fraction of sp³-hybridized carbons (Fsp3) is 0.368. The summed E-state index contributed by atoms with van der Waals surface area (Å²) in [7, 11) is 0. The van der Waals surface area contributed by atoms with Crippen molar-refractivity contribution in [3.63, 3.8) is 0 Å². The van der Waals surface area contributed by atoms with E-state index in [1.807, 2.05) is 18.7 Å². The SMILES string of the molecule is CC(C)c1cc(-c2ccccc2F)c(C(=O)O)c(N2CCCC2)n1. The highest BCUT2D eigenvalue weighted by Crippen LogP contribution is 2.35. The summed E-state index contributed by atoms with van der Waals surface area (Å²) in [4.78, 5) is 18.6. The quantitative estimate of drug-likeness (QED) is 0.908. The molecule has 24 heavy (non-hydrogen) atoms. The summed E-state index contributed by atoms with van der Waals surface area (Å²) in [5.41, 5.74) is 1.58. The van der Waals surface area contributed by atoms with Gasteiger partial charge in [0.2, 0.25) is 0 Å². The maximum Gasteiger partial charge on any atom is 0.340 e. The number of nitrogens with zero attached hydrogens (tertiary/aromatic N) is 2. The van der Waals surface area contributed by atoms with Crippen LogP contribution in [-0.2, 0) is 0 Å². The summed E-state index contributed by atoms with van der Waals surface area (Å²) in [6.45, 7) is 5.57. The lowest BCUT2D eigenvalue weighted by Gasteiger charge is -2.23. The van der Waals surface area contributed by atoms with E-state index in [1.165, 1.54) is 6.07 Å². The normalized spacial score (nSPS) is 14.4. The summed E-state index contributed by atoms with van der Waals surface area (Å²) in [5.74, 6) is -0.907. The lowest BCUT2D eigenvalue weighted by atomic mass is 9.96. The Morgan fingerprint density at radius 1 is 1.21 bits per heavy atom. The first-order chi connectivity index (χ1) is 11.5. The number of rotatable bonds is 4. The summed E-state index contributed by atoms with van der Waals surface area (Å²) in [6, 6.07) is 8.01. The van der Waals surface area contributed by atoms with E-state index in [9.17, 15) is 14.3 Å². The molecule has 1 aromatic heterocycles. The average Bonchev–Trinajstić information content (AvgIpc) is 3.08. The number of hydrogen-bond donors (Lipinski definition) is 1. The van der Waals surface area contributed by atoms with Crippen LogP contribution < -0.4 is 4.90 Å². The van der Waals surface area contributed by atoms with Gasteiger partial charge in [-0.3, -0.25) is 0 Å². The smallest absolute Gasteiger partial charge is 0.340 e. The lowest BCUT2D eigenvalue weighted by Crippen LogP contribution is -2.23. The molecule has 1 aromatic carbocycles. The minimum atomic E-state index is -1.07. The number of carbonyl (C=O) groups is 1. The van der Waals surface area contributed by atoms with Crippen LogP contribution in [0.4, 0.5) is 10.2 Å². The number of aromatic carboxylic acids is 1. The van der Waals surface area contributed by atoms with Gasteiger partial charge in [-0.15, -0.1) is 0 Å². The molecule has 0 spiro atoms. The Morgan fingerprint density at radius 3 is 2.46 bits per heavy atom. The van der Waals surface area contributed by atoms with E-state index >= 15 is 0 Å². The Hall–Kier alpha value is -2.43. The standard InChI is InChI=1S/C19H21FN2O2/c1-12(2)16-11-14(13-7-3-4-8-15(13)20)17(19(23)24)18(21-16)22-9-5-6-10-22/h3-4,7-8,11-12H,5-6,9-10H2,1-2H3,(H,23,24). The molecule has 5 heteroatoms. The third-order valence-electron chi connectivity index (χ3n) is 4.40. The van der Waals surface area contributed by atoms with Gasteiger partial charge in [-0.2, -0.15) is 0 Å². The highest BCUT2D eigenvalue weighted by Gasteiger charge is 2.27. The van der Waals surface area contributed by atoms with Gasteiger partial charge < -0.3 is 10.0 Å². The van der Waals surface area contributed by atoms with Crippen molar-refractivity contribution in [2.24, 2.45) is 0 Å². The molecular weight excluding hydrogens is 307 g/mol. The van der Waals surface area contributed by atoms with Crippen molar-refractivity contribution >= 4 is 11.8 Å². The molecule has 0 aliphatic carbocycles. The lowest BCUT2D eigenvalue weighted by molar-refractivity contribution is 0.0698. The van der Waals surface area contributed by atoms with Crippen molar-refractivity contribution in [2.75, 3.05) is 18.0 Å². The van der Waals surface area contributed by atoms with Crippen LogP contribution in [0.2, 0.25) is 0 Å². The highest BCUT2D eigenvalue weighted by atomic mass is 19.1. The molecule has 0 amide bonds. The number of aromatic nitrogens is 1. The van der Waals surface area contributed by atoms with Gasteiger partial charge in [-0.1, -0.05) is 32.0 Å². The summed E-state index contributed by atoms with van der Waals surface area (Å²) in [6.07, 6.45) is 2.03. The molecule has 1 N–H and O–H groups in total. The van der Waals surface area contributed by atoms with Gasteiger partial charge in [-0.25, -0.2) is 14.2 Å². The van der Waals surface area contributed by atoms with Gasteiger partial charge in [0, 0.05) is 29.9 Å². The number of halogens is 1. The zero-order valence-corrected chi connectivity index (χ0v) is 13.9. The Labute approximate surface area is 141 Å². The van der Waals surface area contributed by atoms with E-state index in [0.29, 0.717) is 16.9 Å². The maximum absolute atomic E-state index is 14.3. The van der Waals surface area contributed by atoms with E-state index in [4.69, 9.17) is 0 Å². The van der Waals surface area contributed by atoms with Crippen molar-refractivity contribution < 1.29 is 14.3 Å². The molecule has 0 unspecified atom stereocenters. The first kappa shape index (κ1) is 16.4. The number of hydrogen-bond acceptors (Lipinski definition) is 3. The molecule has 0 radical (unpaired) electrons. The molecule has 0 atom stereocenters. The van der Waals surface area contributed by atoms with Gasteiger partial charge in [0.05, 0.1) is 0 Å². The van der Waals surface area contributed by atoms with Crippen LogP contribution in [-0.4, -0.2) is 29.1 Å². The van der Waals surface area contributed by atoms with Crippen LogP contribution in [0.1, 0.15) is 48.7 Å². The maximum atomic E-state index is 14.3. The number of anilines is 1. The van der Waals surface area contributed by atoms with Crippen molar-refractivity contribution in [3.8, 4) is 11.1 Å².